The third-order valence-electron chi connectivity index (χ3n) is 1.31. The molecule has 0 amide bonds. The molecule has 0 saturated carbocycles. The smallest absolute Gasteiger partial charge is 0.282 e. The first-order chi connectivity index (χ1) is 6.04. The number of ether oxygens (including phenoxy) is 1. The van der Waals surface area contributed by atoms with Gasteiger partial charge in [0.05, 0.1) is 6.61 Å². The standard InChI is InChI=1S/C5H10N4O3S/c1-12-3-2-4-7-5(9-8-4)13(6,10)11/h2-3H2,1H3,(H2,6,10,11)(H,7,8,9). The van der Waals surface area contributed by atoms with Gasteiger partial charge in [-0.05, 0) is 0 Å². The van der Waals surface area contributed by atoms with E-state index in [-0.39, 0.29) is 0 Å². The van der Waals surface area contributed by atoms with Crippen molar-refractivity contribution in [2.45, 2.75) is 11.6 Å². The van der Waals surface area contributed by atoms with Crippen LogP contribution in [0.4, 0.5) is 0 Å². The van der Waals surface area contributed by atoms with Crippen molar-refractivity contribution < 1.29 is 13.2 Å². The van der Waals surface area contributed by atoms with E-state index in [9.17, 15) is 8.42 Å². The number of sulfonamides is 1. The fourth-order valence-corrected chi connectivity index (χ4v) is 1.13. The van der Waals surface area contributed by atoms with Crippen molar-refractivity contribution in [3.8, 4) is 0 Å². The van der Waals surface area contributed by atoms with Crippen LogP contribution in [0.5, 0.6) is 0 Å². The Bertz CT molecular complexity index is 371. The van der Waals surface area contributed by atoms with Crippen LogP contribution in [-0.2, 0) is 21.2 Å². The van der Waals surface area contributed by atoms with Crippen LogP contribution in [0.1, 0.15) is 5.82 Å². The predicted octanol–water partition coefficient (Wildman–Crippen LogP) is -1.36. The number of nitrogens with one attached hydrogen (secondary N) is 1. The van der Waals surface area contributed by atoms with Gasteiger partial charge in [-0.1, -0.05) is 0 Å². The number of H-pyrrole nitrogens is 1. The molecule has 7 nitrogen and oxygen atoms in total. The lowest BCUT2D eigenvalue weighted by Crippen LogP contribution is -2.14. The topological polar surface area (TPSA) is 111 Å². The molecule has 0 aliphatic rings. The summed E-state index contributed by atoms with van der Waals surface area (Å²) < 4.78 is 26.2. The number of aromatic amines is 1. The van der Waals surface area contributed by atoms with E-state index in [2.05, 4.69) is 15.2 Å². The van der Waals surface area contributed by atoms with E-state index >= 15 is 0 Å². The van der Waals surface area contributed by atoms with E-state index in [0.29, 0.717) is 18.9 Å². The molecule has 1 rings (SSSR count). The summed E-state index contributed by atoms with van der Waals surface area (Å²) in [7, 11) is -2.26. The summed E-state index contributed by atoms with van der Waals surface area (Å²) in [5.74, 6) is 0.436. The summed E-state index contributed by atoms with van der Waals surface area (Å²) in [6, 6.07) is 0. The van der Waals surface area contributed by atoms with Gasteiger partial charge in [-0.25, -0.2) is 18.5 Å². The summed E-state index contributed by atoms with van der Waals surface area (Å²) in [4.78, 5) is 3.66. The predicted molar refractivity (Wildman–Crippen MR) is 43.3 cm³/mol. The van der Waals surface area contributed by atoms with Gasteiger partial charge in [-0.2, -0.15) is 0 Å². The van der Waals surface area contributed by atoms with Crippen LogP contribution in [0.3, 0.4) is 0 Å². The number of hydrogen-bond donors (Lipinski definition) is 2. The molecule has 0 aromatic carbocycles. The molecule has 1 aromatic heterocycles. The molecule has 0 fully saturated rings. The SMILES string of the molecule is COCCc1nc(S(N)(=O)=O)n[nH]1. The third-order valence-corrected chi connectivity index (χ3v) is 2.00. The average Bonchev–Trinajstić information content (AvgIpc) is 2.47. The Labute approximate surface area is 75.4 Å². The van der Waals surface area contributed by atoms with Crippen LogP contribution in [0.25, 0.3) is 0 Å². The van der Waals surface area contributed by atoms with E-state index in [1.165, 1.54) is 7.11 Å². The summed E-state index contributed by atoms with van der Waals surface area (Å²) >= 11 is 0. The van der Waals surface area contributed by atoms with Crippen molar-refractivity contribution in [1.82, 2.24) is 15.2 Å². The maximum absolute atomic E-state index is 10.7. The van der Waals surface area contributed by atoms with Crippen LogP contribution in [-0.4, -0.2) is 37.3 Å². The summed E-state index contributed by atoms with van der Waals surface area (Å²) in [6.07, 6.45) is 0.471. The Morgan fingerprint density at radius 1 is 1.62 bits per heavy atom. The number of methoxy groups -OCH3 is 1. The second-order valence-corrected chi connectivity index (χ2v) is 3.81. The van der Waals surface area contributed by atoms with Crippen molar-refractivity contribution >= 4 is 10.0 Å². The minimum absolute atomic E-state index is 0.390. The van der Waals surface area contributed by atoms with Crippen LogP contribution in [0.15, 0.2) is 5.16 Å². The van der Waals surface area contributed by atoms with Crippen LogP contribution < -0.4 is 5.14 Å². The molecule has 0 radical (unpaired) electrons. The fraction of sp³-hybridized carbons (Fsp3) is 0.600. The molecule has 0 aliphatic heterocycles. The summed E-state index contributed by atoms with van der Waals surface area (Å²) in [5, 5.41) is 10.3. The van der Waals surface area contributed by atoms with Gasteiger partial charge < -0.3 is 4.74 Å². The largest absolute Gasteiger partial charge is 0.384 e. The van der Waals surface area contributed by atoms with Gasteiger partial charge in [-0.3, -0.25) is 5.10 Å². The molecule has 0 atom stereocenters. The Balaban J connectivity index is 2.76. The second kappa shape index (κ2) is 3.81. The third kappa shape index (κ3) is 2.76. The molecule has 0 unspecified atom stereocenters. The first-order valence-electron chi connectivity index (χ1n) is 3.47. The van der Waals surface area contributed by atoms with E-state index in [0.717, 1.165) is 0 Å². The van der Waals surface area contributed by atoms with Gasteiger partial charge >= 0.3 is 0 Å². The number of rotatable bonds is 4. The van der Waals surface area contributed by atoms with Crippen LogP contribution in [0, 0.1) is 0 Å². The van der Waals surface area contributed by atoms with Gasteiger partial charge in [0.15, 0.2) is 0 Å². The minimum atomic E-state index is -3.80. The van der Waals surface area contributed by atoms with E-state index in [1.807, 2.05) is 0 Å². The first kappa shape index (κ1) is 10.1. The lowest BCUT2D eigenvalue weighted by atomic mass is 10.4. The molecule has 8 heteroatoms. The first-order valence-corrected chi connectivity index (χ1v) is 5.01. The normalized spacial score (nSPS) is 11.8. The Morgan fingerprint density at radius 2 is 2.31 bits per heavy atom. The van der Waals surface area contributed by atoms with Crippen molar-refractivity contribution in [3.05, 3.63) is 5.82 Å². The minimum Gasteiger partial charge on any atom is -0.384 e. The maximum atomic E-state index is 10.7. The number of hydrogen-bond acceptors (Lipinski definition) is 5. The monoisotopic (exact) mass is 206 g/mol. The average molecular weight is 206 g/mol. The molecule has 0 spiro atoms. The zero-order valence-electron chi connectivity index (χ0n) is 7.02. The fourth-order valence-electron chi connectivity index (χ4n) is 0.716. The van der Waals surface area contributed by atoms with Gasteiger partial charge in [0.2, 0.25) is 0 Å². The Kier molecular flexibility index (Phi) is 2.96. The van der Waals surface area contributed by atoms with Crippen LogP contribution in [0.2, 0.25) is 0 Å². The van der Waals surface area contributed by atoms with E-state index < -0.39 is 15.2 Å². The lowest BCUT2D eigenvalue weighted by molar-refractivity contribution is 0.200. The highest BCUT2D eigenvalue weighted by Crippen LogP contribution is 1.98. The van der Waals surface area contributed by atoms with E-state index in [4.69, 9.17) is 9.88 Å². The highest BCUT2D eigenvalue weighted by Gasteiger charge is 2.13. The number of nitrogens with zero attached hydrogens (tertiary/aromatic N) is 2. The quantitative estimate of drug-likeness (QED) is 0.632. The number of primary sulfonamides is 1. The van der Waals surface area contributed by atoms with Gasteiger partial charge in [-0.15, -0.1) is 5.10 Å². The zero-order chi connectivity index (χ0) is 9.90. The zero-order valence-corrected chi connectivity index (χ0v) is 7.84. The lowest BCUT2D eigenvalue weighted by Gasteiger charge is -1.92. The van der Waals surface area contributed by atoms with Crippen molar-refractivity contribution in [3.63, 3.8) is 0 Å². The maximum Gasteiger partial charge on any atom is 0.282 e. The second-order valence-electron chi connectivity index (χ2n) is 2.35. The summed E-state index contributed by atoms with van der Waals surface area (Å²) in [6.45, 7) is 0.444. The molecule has 13 heavy (non-hydrogen) atoms. The summed E-state index contributed by atoms with van der Waals surface area (Å²) in [5.41, 5.74) is 0. The molecule has 3 N–H and O–H groups in total. The van der Waals surface area contributed by atoms with E-state index in [1.54, 1.807) is 0 Å². The molecular formula is C5H10N4O3S. The molecule has 74 valence electrons. The highest BCUT2D eigenvalue weighted by molar-refractivity contribution is 7.89. The molecule has 0 saturated heterocycles. The van der Waals surface area contributed by atoms with Gasteiger partial charge in [0.25, 0.3) is 15.2 Å². The molecular weight excluding hydrogens is 196 g/mol. The number of nitrogens with two attached hydrogens (primary N) is 1. The van der Waals surface area contributed by atoms with Gasteiger partial charge in [0.1, 0.15) is 5.82 Å². The molecule has 1 aromatic rings. The van der Waals surface area contributed by atoms with Gasteiger partial charge in [0, 0.05) is 13.5 Å². The highest BCUT2D eigenvalue weighted by atomic mass is 32.2. The Hall–Kier alpha value is -0.990. The molecule has 1 heterocycles. The Morgan fingerprint density at radius 3 is 2.77 bits per heavy atom. The van der Waals surface area contributed by atoms with Crippen molar-refractivity contribution in [1.29, 1.82) is 0 Å². The van der Waals surface area contributed by atoms with Crippen molar-refractivity contribution in [2.75, 3.05) is 13.7 Å². The van der Waals surface area contributed by atoms with Crippen molar-refractivity contribution in [2.24, 2.45) is 5.14 Å². The molecule has 0 aliphatic carbocycles. The molecule has 0 bridgehead atoms. The van der Waals surface area contributed by atoms with Crippen LogP contribution >= 0.6 is 0 Å². The number of aromatic nitrogens is 3.